The Bertz CT molecular complexity index is 1450. The number of unbranched alkanes of at least 4 members (excludes halogenated alkanes) is 1. The van der Waals surface area contributed by atoms with Crippen molar-refractivity contribution in [1.82, 2.24) is 14.8 Å². The van der Waals surface area contributed by atoms with Gasteiger partial charge in [-0.3, -0.25) is 4.79 Å². The Balaban J connectivity index is 1.57. The molecule has 1 N–H and O–H groups in total. The van der Waals surface area contributed by atoms with Gasteiger partial charge in [-0.1, -0.05) is 68.8 Å². The molecule has 1 atom stereocenters. The number of thioether (sulfide) groups is 1. The van der Waals surface area contributed by atoms with E-state index in [1.54, 1.807) is 0 Å². The normalized spacial score (nSPS) is 17.8. The first-order valence-electron chi connectivity index (χ1n) is 13.7. The number of rotatable bonds is 10. The van der Waals surface area contributed by atoms with Gasteiger partial charge in [0.1, 0.15) is 6.04 Å². The monoisotopic (exact) mass is 644 g/mol. The van der Waals surface area contributed by atoms with Crippen LogP contribution in [0.2, 0.25) is 5.02 Å². The van der Waals surface area contributed by atoms with Crippen molar-refractivity contribution < 1.29 is 14.3 Å². The molecule has 2 aliphatic rings. The Morgan fingerprint density at radius 3 is 2.75 bits per heavy atom. The quantitative estimate of drug-likeness (QED) is 0.176. The highest BCUT2D eigenvalue weighted by Crippen LogP contribution is 2.48. The molecule has 212 valence electrons. The number of ketones is 1. The predicted molar refractivity (Wildman–Crippen MR) is 164 cm³/mol. The lowest BCUT2D eigenvalue weighted by atomic mass is 9.73. The van der Waals surface area contributed by atoms with E-state index in [0.29, 0.717) is 48.0 Å². The minimum absolute atomic E-state index is 0.118. The van der Waals surface area contributed by atoms with E-state index in [9.17, 15) is 4.79 Å². The Hall–Kier alpha value is -2.49. The highest BCUT2D eigenvalue weighted by atomic mass is 79.9. The summed E-state index contributed by atoms with van der Waals surface area (Å²) in [6.45, 7) is 9.43. The van der Waals surface area contributed by atoms with Crippen LogP contribution in [0, 0.1) is 5.41 Å². The molecule has 0 bridgehead atoms. The largest absolute Gasteiger partial charge is 0.490 e. The van der Waals surface area contributed by atoms with Crippen molar-refractivity contribution in [1.29, 1.82) is 0 Å². The average Bonchev–Trinajstić information content (AvgIpc) is 3.30. The second-order valence-corrected chi connectivity index (χ2v) is 13.1. The fraction of sp³-hybridized carbons (Fsp3) is 0.433. The molecule has 0 saturated heterocycles. The highest BCUT2D eigenvalue weighted by molar-refractivity contribution is 9.10. The number of Topliss-reactive ketones (excluding diaryl/α,β-unsaturated/α-hetero) is 1. The molecule has 7 nitrogen and oxygen atoms in total. The number of benzene rings is 2. The van der Waals surface area contributed by atoms with Gasteiger partial charge < -0.3 is 14.8 Å². The van der Waals surface area contributed by atoms with E-state index in [0.717, 1.165) is 51.2 Å². The van der Waals surface area contributed by atoms with Gasteiger partial charge in [0.05, 0.1) is 17.7 Å². The minimum Gasteiger partial charge on any atom is -0.490 e. The summed E-state index contributed by atoms with van der Waals surface area (Å²) in [5.74, 6) is 2.69. The molecule has 1 aromatic heterocycles. The van der Waals surface area contributed by atoms with Crippen molar-refractivity contribution in [3.8, 4) is 11.5 Å². The van der Waals surface area contributed by atoms with Crippen LogP contribution in [0.3, 0.4) is 0 Å². The van der Waals surface area contributed by atoms with Gasteiger partial charge in [0, 0.05) is 28.5 Å². The molecule has 3 aromatic rings. The summed E-state index contributed by atoms with van der Waals surface area (Å²) in [6.07, 6.45) is 3.21. The summed E-state index contributed by atoms with van der Waals surface area (Å²) in [6, 6.07) is 11.3. The molecule has 2 aromatic carbocycles. The SMILES string of the molecule is CCCCOc1c(Br)cc(C2C3=C(CC(C)(C)CC3=O)Nc3nc(SCc4ccccc4Cl)nn32)cc1OCC. The molecule has 40 heavy (non-hydrogen) atoms. The molecule has 1 unspecified atom stereocenters. The van der Waals surface area contributed by atoms with Gasteiger partial charge in [-0.2, -0.15) is 4.98 Å². The number of carbonyl (C=O) groups is 1. The molecule has 5 rings (SSSR count). The van der Waals surface area contributed by atoms with Crippen molar-refractivity contribution in [3.63, 3.8) is 0 Å². The number of nitrogens with one attached hydrogen (secondary N) is 1. The van der Waals surface area contributed by atoms with Crippen LogP contribution in [0.25, 0.3) is 0 Å². The van der Waals surface area contributed by atoms with Crippen molar-refractivity contribution in [2.75, 3.05) is 18.5 Å². The summed E-state index contributed by atoms with van der Waals surface area (Å²) in [7, 11) is 0. The molecular weight excluding hydrogens is 612 g/mol. The van der Waals surface area contributed by atoms with Crippen LogP contribution in [0.1, 0.15) is 70.5 Å². The van der Waals surface area contributed by atoms with Crippen LogP contribution in [-0.4, -0.2) is 33.8 Å². The molecule has 0 fully saturated rings. The number of nitrogens with zero attached hydrogens (tertiary/aromatic N) is 3. The first kappa shape index (κ1) is 29.0. The molecule has 0 saturated carbocycles. The summed E-state index contributed by atoms with van der Waals surface area (Å²) in [5.41, 5.74) is 3.39. The smallest absolute Gasteiger partial charge is 0.227 e. The maximum absolute atomic E-state index is 13.7. The summed E-state index contributed by atoms with van der Waals surface area (Å²) in [5, 5.41) is 9.68. The van der Waals surface area contributed by atoms with Crippen LogP contribution < -0.4 is 14.8 Å². The first-order chi connectivity index (χ1) is 19.2. The fourth-order valence-corrected chi connectivity index (χ4v) is 6.87. The van der Waals surface area contributed by atoms with Crippen LogP contribution in [0.4, 0.5) is 5.95 Å². The fourth-order valence-electron chi connectivity index (χ4n) is 5.18. The van der Waals surface area contributed by atoms with E-state index in [1.807, 2.05) is 48.0 Å². The van der Waals surface area contributed by atoms with Crippen LogP contribution in [0.5, 0.6) is 11.5 Å². The topological polar surface area (TPSA) is 78.3 Å². The van der Waals surface area contributed by atoms with E-state index in [-0.39, 0.29) is 11.2 Å². The zero-order valence-corrected chi connectivity index (χ0v) is 26.4. The van der Waals surface area contributed by atoms with E-state index in [4.69, 9.17) is 31.2 Å². The third-order valence-electron chi connectivity index (χ3n) is 7.02. The Morgan fingerprint density at radius 2 is 2.00 bits per heavy atom. The standard InChI is InChI=1S/C30H34BrClN4O3S/c1-5-7-12-39-27-20(31)13-19(14-24(27)38-6-2)26-25-22(15-30(3,4)16-23(25)37)33-28-34-29(35-36(26)28)40-17-18-10-8-9-11-21(18)32/h8-11,13-14,26H,5-7,12,15-17H2,1-4H3,(H,33,34,35). The zero-order chi connectivity index (χ0) is 28.4. The Labute approximate surface area is 253 Å². The van der Waals surface area contributed by atoms with E-state index in [1.165, 1.54) is 11.8 Å². The number of hydrogen-bond acceptors (Lipinski definition) is 7. The molecule has 0 amide bonds. The van der Waals surface area contributed by atoms with Gasteiger partial charge >= 0.3 is 0 Å². The maximum atomic E-state index is 13.7. The Kier molecular flexibility index (Phi) is 8.83. The summed E-state index contributed by atoms with van der Waals surface area (Å²) >= 11 is 11.6. The molecule has 0 spiro atoms. The minimum atomic E-state index is -0.447. The lowest BCUT2D eigenvalue weighted by Gasteiger charge is -2.38. The molecule has 1 aliphatic carbocycles. The zero-order valence-electron chi connectivity index (χ0n) is 23.2. The van der Waals surface area contributed by atoms with Gasteiger partial charge in [0.2, 0.25) is 11.1 Å². The first-order valence-corrected chi connectivity index (χ1v) is 15.8. The van der Waals surface area contributed by atoms with Crippen LogP contribution in [0.15, 0.2) is 57.3 Å². The lowest BCUT2D eigenvalue weighted by Crippen LogP contribution is -2.36. The number of halogens is 2. The van der Waals surface area contributed by atoms with E-state index in [2.05, 4.69) is 42.0 Å². The summed E-state index contributed by atoms with van der Waals surface area (Å²) < 4.78 is 14.8. The average molecular weight is 646 g/mol. The highest BCUT2D eigenvalue weighted by Gasteiger charge is 2.42. The van der Waals surface area contributed by atoms with Gasteiger partial charge in [0.25, 0.3) is 0 Å². The van der Waals surface area contributed by atoms with Gasteiger partial charge in [-0.15, -0.1) is 5.10 Å². The Morgan fingerprint density at radius 1 is 1.20 bits per heavy atom. The maximum Gasteiger partial charge on any atom is 0.227 e. The van der Waals surface area contributed by atoms with E-state index < -0.39 is 6.04 Å². The molecule has 10 heteroatoms. The van der Waals surface area contributed by atoms with Crippen LogP contribution >= 0.6 is 39.3 Å². The van der Waals surface area contributed by atoms with Crippen molar-refractivity contribution in [3.05, 3.63) is 68.3 Å². The predicted octanol–water partition coefficient (Wildman–Crippen LogP) is 8.22. The number of fused-ring (bicyclic) bond motifs is 1. The van der Waals surface area contributed by atoms with Gasteiger partial charge in [-0.05, 0) is 70.4 Å². The number of aromatic nitrogens is 3. The van der Waals surface area contributed by atoms with Gasteiger partial charge in [0.15, 0.2) is 17.3 Å². The molecule has 1 aliphatic heterocycles. The van der Waals surface area contributed by atoms with E-state index >= 15 is 0 Å². The summed E-state index contributed by atoms with van der Waals surface area (Å²) in [4.78, 5) is 18.5. The number of hydrogen-bond donors (Lipinski definition) is 1. The van der Waals surface area contributed by atoms with Crippen molar-refractivity contribution in [2.24, 2.45) is 5.41 Å². The lowest BCUT2D eigenvalue weighted by molar-refractivity contribution is -0.118. The van der Waals surface area contributed by atoms with Crippen LogP contribution in [-0.2, 0) is 10.5 Å². The van der Waals surface area contributed by atoms with Crippen molar-refractivity contribution >= 4 is 51.0 Å². The number of allylic oxidation sites excluding steroid dienone is 2. The molecule has 2 heterocycles. The second-order valence-electron chi connectivity index (χ2n) is 10.9. The third kappa shape index (κ3) is 6.06. The second kappa shape index (κ2) is 12.2. The molecule has 0 radical (unpaired) electrons. The third-order valence-corrected chi connectivity index (χ3v) is 8.86. The van der Waals surface area contributed by atoms with Crippen molar-refractivity contribution in [2.45, 2.75) is 70.3 Å². The number of anilines is 1. The number of carbonyl (C=O) groups excluding carboxylic acids is 1. The number of ether oxygens (including phenoxy) is 2. The molecular formula is C30H34BrClN4O3S. The van der Waals surface area contributed by atoms with Gasteiger partial charge in [-0.25, -0.2) is 4.68 Å².